The highest BCUT2D eigenvalue weighted by atomic mass is 35.5. The van der Waals surface area contributed by atoms with E-state index in [4.69, 9.17) is 21.3 Å². The first-order chi connectivity index (χ1) is 17.2. The smallest absolute Gasteiger partial charge is 0.148 e. The number of fused-ring (bicyclic) bond motifs is 1. The fourth-order valence-corrected chi connectivity index (χ4v) is 5.31. The Balaban J connectivity index is 1.18. The van der Waals surface area contributed by atoms with Crippen LogP contribution in [0.3, 0.4) is 0 Å². The highest BCUT2D eigenvalue weighted by Gasteiger charge is 2.20. The van der Waals surface area contributed by atoms with Gasteiger partial charge < -0.3 is 9.30 Å². The molecule has 0 amide bonds. The number of para-hydroxylation sites is 1. The molecule has 1 aliphatic rings. The molecule has 1 saturated heterocycles. The van der Waals surface area contributed by atoms with E-state index < -0.39 is 0 Å². The molecule has 35 heavy (non-hydrogen) atoms. The SMILES string of the molecule is Cc1cccc2c1nc(COc1ccc(Cl)cc1)n2CCCC1CCN(Cc2ccccc2)CC1. The van der Waals surface area contributed by atoms with Crippen molar-refractivity contribution in [3.8, 4) is 5.75 Å². The molecule has 1 aromatic heterocycles. The Hall–Kier alpha value is -2.82. The van der Waals surface area contributed by atoms with Crippen LogP contribution in [0.15, 0.2) is 72.8 Å². The minimum atomic E-state index is 0.452. The average molecular weight is 488 g/mol. The molecule has 0 spiro atoms. The topological polar surface area (TPSA) is 30.3 Å². The normalized spacial score (nSPS) is 15.0. The first-order valence-electron chi connectivity index (χ1n) is 12.7. The number of piperidine rings is 1. The molecule has 0 bridgehead atoms. The Morgan fingerprint density at radius 3 is 2.49 bits per heavy atom. The van der Waals surface area contributed by atoms with E-state index >= 15 is 0 Å². The van der Waals surface area contributed by atoms with Gasteiger partial charge in [-0.05, 0) is 93.1 Å². The van der Waals surface area contributed by atoms with Crippen molar-refractivity contribution in [3.63, 3.8) is 0 Å². The van der Waals surface area contributed by atoms with Crippen LogP contribution in [-0.2, 0) is 19.7 Å². The van der Waals surface area contributed by atoms with Crippen LogP contribution in [0.25, 0.3) is 11.0 Å². The Morgan fingerprint density at radius 1 is 0.943 bits per heavy atom. The lowest BCUT2D eigenvalue weighted by atomic mass is 9.92. The number of nitrogens with zero attached hydrogens (tertiary/aromatic N) is 3. The van der Waals surface area contributed by atoms with E-state index in [1.165, 1.54) is 49.0 Å². The van der Waals surface area contributed by atoms with Crippen molar-refractivity contribution in [2.24, 2.45) is 5.92 Å². The summed E-state index contributed by atoms with van der Waals surface area (Å²) in [5.74, 6) is 2.61. The zero-order chi connectivity index (χ0) is 24.0. The van der Waals surface area contributed by atoms with Crippen molar-refractivity contribution in [2.75, 3.05) is 13.1 Å². The van der Waals surface area contributed by atoms with Crippen LogP contribution >= 0.6 is 11.6 Å². The number of halogens is 1. The minimum absolute atomic E-state index is 0.452. The molecule has 0 atom stereocenters. The number of benzene rings is 3. The van der Waals surface area contributed by atoms with Gasteiger partial charge in [-0.15, -0.1) is 0 Å². The van der Waals surface area contributed by atoms with Gasteiger partial charge in [-0.1, -0.05) is 54.1 Å². The Bertz CT molecular complexity index is 1230. The Labute approximate surface area is 213 Å². The van der Waals surface area contributed by atoms with Gasteiger partial charge in [0, 0.05) is 18.1 Å². The molecule has 182 valence electrons. The van der Waals surface area contributed by atoms with Crippen LogP contribution in [0.1, 0.15) is 42.6 Å². The summed E-state index contributed by atoms with van der Waals surface area (Å²) in [6.07, 6.45) is 5.02. The zero-order valence-electron chi connectivity index (χ0n) is 20.5. The Morgan fingerprint density at radius 2 is 1.71 bits per heavy atom. The standard InChI is InChI=1S/C30H34ClN3O/c1-23-7-5-11-28-30(23)32-29(22-35-27-14-12-26(31)13-15-27)34(28)18-6-10-24-16-19-33(20-17-24)21-25-8-3-2-4-9-25/h2-5,7-9,11-15,24H,6,10,16-22H2,1H3. The fourth-order valence-electron chi connectivity index (χ4n) is 5.19. The van der Waals surface area contributed by atoms with E-state index in [0.29, 0.717) is 11.6 Å². The van der Waals surface area contributed by atoms with E-state index in [0.717, 1.165) is 42.5 Å². The third kappa shape index (κ3) is 6.06. The van der Waals surface area contributed by atoms with Crippen molar-refractivity contribution in [2.45, 2.75) is 52.3 Å². The van der Waals surface area contributed by atoms with Crippen LogP contribution in [-0.4, -0.2) is 27.5 Å². The van der Waals surface area contributed by atoms with Crippen LogP contribution in [0.5, 0.6) is 5.75 Å². The summed E-state index contributed by atoms with van der Waals surface area (Å²) in [7, 11) is 0. The quantitative estimate of drug-likeness (QED) is 0.248. The van der Waals surface area contributed by atoms with Gasteiger partial charge in [0.1, 0.15) is 18.2 Å². The number of imidazole rings is 1. The van der Waals surface area contributed by atoms with E-state index in [2.05, 4.69) is 64.9 Å². The van der Waals surface area contributed by atoms with Gasteiger partial charge in [0.25, 0.3) is 0 Å². The van der Waals surface area contributed by atoms with E-state index in [-0.39, 0.29) is 0 Å². The number of aryl methyl sites for hydroxylation is 2. The predicted octanol–water partition coefficient (Wildman–Crippen LogP) is 7.27. The molecule has 4 nitrogen and oxygen atoms in total. The predicted molar refractivity (Wildman–Crippen MR) is 144 cm³/mol. The van der Waals surface area contributed by atoms with Crippen LogP contribution in [0.2, 0.25) is 5.02 Å². The maximum absolute atomic E-state index is 6.07. The summed E-state index contributed by atoms with van der Waals surface area (Å²) in [5, 5.41) is 0.714. The van der Waals surface area contributed by atoms with Gasteiger partial charge in [-0.2, -0.15) is 0 Å². The number of ether oxygens (including phenoxy) is 1. The highest BCUT2D eigenvalue weighted by molar-refractivity contribution is 6.30. The molecule has 0 radical (unpaired) electrons. The third-order valence-corrected chi connectivity index (χ3v) is 7.44. The maximum Gasteiger partial charge on any atom is 0.148 e. The monoisotopic (exact) mass is 487 g/mol. The molecule has 0 saturated carbocycles. The summed E-state index contributed by atoms with van der Waals surface area (Å²) >= 11 is 6.02. The van der Waals surface area contributed by atoms with Gasteiger partial charge in [0.05, 0.1) is 11.0 Å². The lowest BCUT2D eigenvalue weighted by Gasteiger charge is -2.32. The Kier molecular flexibility index (Phi) is 7.70. The van der Waals surface area contributed by atoms with Gasteiger partial charge in [0.15, 0.2) is 0 Å². The molecule has 2 heterocycles. The molecule has 5 rings (SSSR count). The molecule has 1 aliphatic heterocycles. The number of rotatable bonds is 9. The van der Waals surface area contributed by atoms with Crippen LogP contribution in [0, 0.1) is 12.8 Å². The van der Waals surface area contributed by atoms with Crippen molar-refractivity contribution < 1.29 is 4.74 Å². The number of hydrogen-bond acceptors (Lipinski definition) is 3. The van der Waals surface area contributed by atoms with Gasteiger partial charge in [0.2, 0.25) is 0 Å². The summed E-state index contributed by atoms with van der Waals surface area (Å²) in [6, 6.07) is 24.8. The van der Waals surface area contributed by atoms with Gasteiger partial charge in [-0.3, -0.25) is 4.90 Å². The van der Waals surface area contributed by atoms with E-state index in [1.807, 2.05) is 24.3 Å². The minimum Gasteiger partial charge on any atom is -0.486 e. The van der Waals surface area contributed by atoms with E-state index in [9.17, 15) is 0 Å². The van der Waals surface area contributed by atoms with E-state index in [1.54, 1.807) is 0 Å². The molecule has 5 heteroatoms. The summed E-state index contributed by atoms with van der Waals surface area (Å²) in [5.41, 5.74) is 4.91. The first-order valence-corrected chi connectivity index (χ1v) is 13.1. The summed E-state index contributed by atoms with van der Waals surface area (Å²) < 4.78 is 8.43. The molecule has 0 unspecified atom stereocenters. The second-order valence-corrected chi connectivity index (χ2v) is 10.1. The van der Waals surface area contributed by atoms with Gasteiger partial charge >= 0.3 is 0 Å². The van der Waals surface area contributed by atoms with Crippen LogP contribution in [0.4, 0.5) is 0 Å². The molecule has 3 aromatic carbocycles. The zero-order valence-corrected chi connectivity index (χ0v) is 21.3. The molecular weight excluding hydrogens is 454 g/mol. The van der Waals surface area contributed by atoms with Crippen molar-refractivity contribution >= 4 is 22.6 Å². The fraction of sp³-hybridized carbons (Fsp3) is 0.367. The summed E-state index contributed by atoms with van der Waals surface area (Å²) in [4.78, 5) is 7.57. The first kappa shape index (κ1) is 23.9. The van der Waals surface area contributed by atoms with Crippen molar-refractivity contribution in [1.82, 2.24) is 14.5 Å². The average Bonchev–Trinajstić information content (AvgIpc) is 3.24. The lowest BCUT2D eigenvalue weighted by molar-refractivity contribution is 0.170. The second kappa shape index (κ2) is 11.3. The second-order valence-electron chi connectivity index (χ2n) is 9.71. The maximum atomic E-state index is 6.07. The molecular formula is C30H34ClN3O. The van der Waals surface area contributed by atoms with Crippen molar-refractivity contribution in [3.05, 3.63) is 94.8 Å². The third-order valence-electron chi connectivity index (χ3n) is 7.19. The molecule has 1 fully saturated rings. The van der Waals surface area contributed by atoms with Crippen LogP contribution < -0.4 is 4.74 Å². The largest absolute Gasteiger partial charge is 0.486 e. The van der Waals surface area contributed by atoms with Crippen molar-refractivity contribution in [1.29, 1.82) is 0 Å². The molecule has 4 aromatic rings. The number of hydrogen-bond donors (Lipinski definition) is 0. The highest BCUT2D eigenvalue weighted by Crippen LogP contribution is 2.26. The lowest BCUT2D eigenvalue weighted by Crippen LogP contribution is -2.33. The summed E-state index contributed by atoms with van der Waals surface area (Å²) in [6.45, 7) is 7.04. The number of aromatic nitrogens is 2. The molecule has 0 aliphatic carbocycles. The molecule has 0 N–H and O–H groups in total. The number of likely N-dealkylation sites (tertiary alicyclic amines) is 1. The van der Waals surface area contributed by atoms with Gasteiger partial charge in [-0.25, -0.2) is 4.98 Å².